The number of carboxylic acids is 1. The van der Waals surface area contributed by atoms with Crippen LogP contribution in [0.1, 0.15) is 20.3 Å². The Hall–Kier alpha value is -0.640. The third-order valence-corrected chi connectivity index (χ3v) is 1.65. The SMILES string of the molecule is CC(C)N(CCCF)CC(=O)O. The molecule has 0 amide bonds. The van der Waals surface area contributed by atoms with Gasteiger partial charge in [-0.2, -0.15) is 0 Å². The van der Waals surface area contributed by atoms with E-state index in [1.807, 2.05) is 13.8 Å². The molecule has 3 nitrogen and oxygen atoms in total. The van der Waals surface area contributed by atoms with Gasteiger partial charge in [-0.05, 0) is 20.3 Å². The molecular formula is C8H16FNO2. The van der Waals surface area contributed by atoms with Gasteiger partial charge in [0.2, 0.25) is 0 Å². The van der Waals surface area contributed by atoms with Crippen molar-refractivity contribution in [3.8, 4) is 0 Å². The Morgan fingerprint density at radius 2 is 2.17 bits per heavy atom. The second-order valence-corrected chi connectivity index (χ2v) is 3.00. The van der Waals surface area contributed by atoms with Gasteiger partial charge in [-0.3, -0.25) is 14.1 Å². The number of nitrogens with zero attached hydrogens (tertiary/aromatic N) is 1. The third-order valence-electron chi connectivity index (χ3n) is 1.65. The molecule has 0 saturated carbocycles. The van der Waals surface area contributed by atoms with E-state index in [9.17, 15) is 9.18 Å². The zero-order valence-corrected chi connectivity index (χ0v) is 7.59. The van der Waals surface area contributed by atoms with Crippen molar-refractivity contribution in [1.82, 2.24) is 4.90 Å². The fourth-order valence-corrected chi connectivity index (χ4v) is 0.956. The van der Waals surface area contributed by atoms with E-state index in [0.717, 1.165) is 0 Å². The predicted molar refractivity (Wildman–Crippen MR) is 44.9 cm³/mol. The minimum Gasteiger partial charge on any atom is -0.480 e. The largest absolute Gasteiger partial charge is 0.480 e. The normalized spacial score (nSPS) is 11.1. The van der Waals surface area contributed by atoms with E-state index in [4.69, 9.17) is 5.11 Å². The molecule has 0 aliphatic heterocycles. The van der Waals surface area contributed by atoms with Gasteiger partial charge in [-0.1, -0.05) is 0 Å². The lowest BCUT2D eigenvalue weighted by molar-refractivity contribution is -0.138. The second-order valence-electron chi connectivity index (χ2n) is 3.00. The summed E-state index contributed by atoms with van der Waals surface area (Å²) in [7, 11) is 0. The fraction of sp³-hybridized carbons (Fsp3) is 0.875. The van der Waals surface area contributed by atoms with E-state index in [2.05, 4.69) is 0 Å². The lowest BCUT2D eigenvalue weighted by Crippen LogP contribution is -2.36. The van der Waals surface area contributed by atoms with Gasteiger partial charge in [0.1, 0.15) is 0 Å². The maximum atomic E-state index is 11.8. The van der Waals surface area contributed by atoms with Gasteiger partial charge in [0, 0.05) is 12.6 Å². The van der Waals surface area contributed by atoms with Crippen LogP contribution in [0.4, 0.5) is 4.39 Å². The van der Waals surface area contributed by atoms with E-state index >= 15 is 0 Å². The number of carboxylic acid groups (broad SMARTS) is 1. The van der Waals surface area contributed by atoms with Crippen molar-refractivity contribution >= 4 is 5.97 Å². The molecule has 0 aromatic rings. The van der Waals surface area contributed by atoms with Crippen molar-refractivity contribution in [1.29, 1.82) is 0 Å². The van der Waals surface area contributed by atoms with Crippen molar-refractivity contribution < 1.29 is 14.3 Å². The molecule has 4 heteroatoms. The summed E-state index contributed by atoms with van der Waals surface area (Å²) in [5, 5.41) is 8.50. The highest BCUT2D eigenvalue weighted by atomic mass is 19.1. The molecule has 0 heterocycles. The molecule has 0 bridgehead atoms. The standard InChI is InChI=1S/C8H16FNO2/c1-7(2)10(5-3-4-9)6-8(11)12/h7H,3-6H2,1-2H3,(H,11,12). The number of carbonyl (C=O) groups is 1. The zero-order chi connectivity index (χ0) is 9.56. The molecule has 0 atom stereocenters. The summed E-state index contributed by atoms with van der Waals surface area (Å²) in [5.74, 6) is -0.859. The molecule has 0 aliphatic carbocycles. The second kappa shape index (κ2) is 5.94. The highest BCUT2D eigenvalue weighted by Gasteiger charge is 2.11. The molecule has 0 aromatic heterocycles. The summed E-state index contributed by atoms with van der Waals surface area (Å²) >= 11 is 0. The zero-order valence-electron chi connectivity index (χ0n) is 7.59. The molecule has 0 aliphatic rings. The minimum absolute atomic E-state index is 0.00231. The van der Waals surface area contributed by atoms with Crippen molar-refractivity contribution in [2.45, 2.75) is 26.3 Å². The Bertz CT molecular complexity index is 139. The van der Waals surface area contributed by atoms with E-state index in [1.165, 1.54) is 0 Å². The number of rotatable bonds is 6. The molecular weight excluding hydrogens is 161 g/mol. The van der Waals surface area contributed by atoms with Crippen molar-refractivity contribution in [3.63, 3.8) is 0 Å². The molecule has 12 heavy (non-hydrogen) atoms. The highest BCUT2D eigenvalue weighted by molar-refractivity contribution is 5.69. The minimum atomic E-state index is -0.859. The van der Waals surface area contributed by atoms with Crippen LogP contribution < -0.4 is 0 Å². The van der Waals surface area contributed by atoms with Gasteiger partial charge in [0.25, 0.3) is 0 Å². The van der Waals surface area contributed by atoms with Gasteiger partial charge in [0.15, 0.2) is 0 Å². The van der Waals surface area contributed by atoms with Crippen LogP contribution >= 0.6 is 0 Å². The molecule has 1 N–H and O–H groups in total. The van der Waals surface area contributed by atoms with Gasteiger partial charge in [-0.25, -0.2) is 0 Å². The lowest BCUT2D eigenvalue weighted by Gasteiger charge is -2.23. The predicted octanol–water partition coefficient (Wildman–Crippen LogP) is 1.14. The first-order valence-electron chi connectivity index (χ1n) is 4.09. The number of hydrogen-bond donors (Lipinski definition) is 1. The summed E-state index contributed by atoms with van der Waals surface area (Å²) in [6.45, 7) is 3.93. The van der Waals surface area contributed by atoms with Crippen LogP contribution in [0.3, 0.4) is 0 Å². The number of alkyl halides is 1. The summed E-state index contributed by atoms with van der Waals surface area (Å²) in [5.41, 5.74) is 0. The fourth-order valence-electron chi connectivity index (χ4n) is 0.956. The van der Waals surface area contributed by atoms with Gasteiger partial charge in [-0.15, -0.1) is 0 Å². The van der Waals surface area contributed by atoms with Crippen molar-refractivity contribution in [2.75, 3.05) is 19.8 Å². The van der Waals surface area contributed by atoms with Crippen LogP contribution in [0.15, 0.2) is 0 Å². The quantitative estimate of drug-likeness (QED) is 0.661. The maximum Gasteiger partial charge on any atom is 0.317 e. The molecule has 72 valence electrons. The van der Waals surface area contributed by atoms with Crippen LogP contribution in [0.2, 0.25) is 0 Å². The Morgan fingerprint density at radius 3 is 2.50 bits per heavy atom. The van der Waals surface area contributed by atoms with E-state index < -0.39 is 5.97 Å². The lowest BCUT2D eigenvalue weighted by atomic mass is 10.3. The summed E-state index contributed by atoms with van der Waals surface area (Å²) in [6.07, 6.45) is 0.408. The number of hydrogen-bond acceptors (Lipinski definition) is 2. The maximum absolute atomic E-state index is 11.8. The Morgan fingerprint density at radius 1 is 1.58 bits per heavy atom. The highest BCUT2D eigenvalue weighted by Crippen LogP contribution is 1.99. The molecule has 0 saturated heterocycles. The van der Waals surface area contributed by atoms with Crippen LogP contribution in [-0.2, 0) is 4.79 Å². The van der Waals surface area contributed by atoms with Crippen LogP contribution in [0.5, 0.6) is 0 Å². The average Bonchev–Trinajstić information content (AvgIpc) is 1.96. The number of aliphatic carboxylic acids is 1. The van der Waals surface area contributed by atoms with Crippen LogP contribution in [0, 0.1) is 0 Å². The summed E-state index contributed by atoms with van der Waals surface area (Å²) in [6, 6.07) is 0.160. The Balaban J connectivity index is 3.78. The monoisotopic (exact) mass is 177 g/mol. The molecule has 0 radical (unpaired) electrons. The van der Waals surface area contributed by atoms with E-state index in [-0.39, 0.29) is 19.3 Å². The summed E-state index contributed by atoms with van der Waals surface area (Å²) in [4.78, 5) is 12.1. The van der Waals surface area contributed by atoms with Crippen molar-refractivity contribution in [3.05, 3.63) is 0 Å². The molecule has 0 unspecified atom stereocenters. The molecule has 0 rings (SSSR count). The first-order chi connectivity index (χ1) is 5.57. The van der Waals surface area contributed by atoms with E-state index in [1.54, 1.807) is 4.90 Å². The Labute approximate surface area is 72.2 Å². The van der Waals surface area contributed by atoms with Gasteiger partial charge in [0.05, 0.1) is 13.2 Å². The molecule has 0 aromatic carbocycles. The van der Waals surface area contributed by atoms with Crippen LogP contribution in [-0.4, -0.2) is 41.8 Å². The smallest absolute Gasteiger partial charge is 0.317 e. The topological polar surface area (TPSA) is 40.5 Å². The summed E-state index contributed by atoms with van der Waals surface area (Å²) < 4.78 is 11.8. The van der Waals surface area contributed by atoms with Gasteiger partial charge < -0.3 is 5.11 Å². The van der Waals surface area contributed by atoms with Crippen molar-refractivity contribution in [2.24, 2.45) is 0 Å². The first kappa shape index (κ1) is 11.4. The Kier molecular flexibility index (Phi) is 5.62. The van der Waals surface area contributed by atoms with E-state index in [0.29, 0.717) is 13.0 Å². The third kappa shape index (κ3) is 5.07. The molecule has 0 fully saturated rings. The molecule has 0 spiro atoms. The first-order valence-corrected chi connectivity index (χ1v) is 4.09. The van der Waals surface area contributed by atoms with Crippen LogP contribution in [0.25, 0.3) is 0 Å². The average molecular weight is 177 g/mol. The van der Waals surface area contributed by atoms with Gasteiger partial charge >= 0.3 is 5.97 Å². The number of halogens is 1.